The van der Waals surface area contributed by atoms with E-state index in [1.807, 2.05) is 6.92 Å². The molecule has 0 radical (unpaired) electrons. The van der Waals surface area contributed by atoms with Crippen LogP contribution in [0.15, 0.2) is 11.0 Å². The molecule has 0 saturated carbocycles. The van der Waals surface area contributed by atoms with Gasteiger partial charge < -0.3 is 5.11 Å². The van der Waals surface area contributed by atoms with Crippen LogP contribution in [0.5, 0.6) is 0 Å². The third-order valence-corrected chi connectivity index (χ3v) is 6.20. The van der Waals surface area contributed by atoms with Gasteiger partial charge in [0.15, 0.2) is 0 Å². The van der Waals surface area contributed by atoms with Crippen LogP contribution in [0, 0.1) is 13.8 Å². The van der Waals surface area contributed by atoms with Crippen molar-refractivity contribution < 1.29 is 18.3 Å². The molecule has 100 valence electrons. The Balaban J connectivity index is 2.43. The van der Waals surface area contributed by atoms with Crippen LogP contribution in [-0.4, -0.2) is 36.4 Å². The predicted molar refractivity (Wildman–Crippen MR) is 68.3 cm³/mol. The Morgan fingerprint density at radius 1 is 1.50 bits per heavy atom. The molecule has 2 rings (SSSR count). The average Bonchev–Trinajstić information content (AvgIpc) is 2.84. The maximum Gasteiger partial charge on any atom is 0.322 e. The quantitative estimate of drug-likeness (QED) is 0.917. The van der Waals surface area contributed by atoms with Gasteiger partial charge in [-0.1, -0.05) is 0 Å². The van der Waals surface area contributed by atoms with E-state index in [2.05, 4.69) is 0 Å². The molecule has 0 aromatic carbocycles. The van der Waals surface area contributed by atoms with Crippen molar-refractivity contribution in [3.63, 3.8) is 0 Å². The standard InChI is InChI=1S/C11H15NO4S2/c1-7-6-10(8(2)17-7)18(15,16)12-5-3-4-9(12)11(13)14/h6,9H,3-5H2,1-2H3,(H,13,14). The monoisotopic (exact) mass is 289 g/mol. The lowest BCUT2D eigenvalue weighted by atomic mass is 10.2. The van der Waals surface area contributed by atoms with E-state index in [9.17, 15) is 13.2 Å². The summed E-state index contributed by atoms with van der Waals surface area (Å²) in [5, 5.41) is 9.06. The van der Waals surface area contributed by atoms with E-state index < -0.39 is 22.0 Å². The van der Waals surface area contributed by atoms with Gasteiger partial charge in [-0.3, -0.25) is 4.79 Å². The molecule has 0 aliphatic carbocycles. The molecule has 7 heteroatoms. The molecule has 1 aliphatic heterocycles. The van der Waals surface area contributed by atoms with Crippen molar-refractivity contribution in [2.75, 3.05) is 6.54 Å². The first-order valence-electron chi connectivity index (χ1n) is 5.65. The summed E-state index contributed by atoms with van der Waals surface area (Å²) in [5.41, 5.74) is 0. The minimum atomic E-state index is -3.68. The van der Waals surface area contributed by atoms with Gasteiger partial charge in [0.2, 0.25) is 10.0 Å². The van der Waals surface area contributed by atoms with Crippen LogP contribution in [0.2, 0.25) is 0 Å². The predicted octanol–water partition coefficient (Wildman–Crippen LogP) is 1.60. The number of carbonyl (C=O) groups is 1. The fraction of sp³-hybridized carbons (Fsp3) is 0.545. The Labute approximate surface area is 110 Å². The largest absolute Gasteiger partial charge is 0.480 e. The molecule has 1 atom stereocenters. The first-order valence-corrected chi connectivity index (χ1v) is 7.91. The minimum Gasteiger partial charge on any atom is -0.480 e. The zero-order chi connectivity index (χ0) is 13.5. The molecule has 2 heterocycles. The number of nitrogens with zero attached hydrogens (tertiary/aromatic N) is 1. The summed E-state index contributed by atoms with van der Waals surface area (Å²) < 4.78 is 26.0. The van der Waals surface area contributed by atoms with Crippen LogP contribution in [0.1, 0.15) is 22.6 Å². The van der Waals surface area contributed by atoms with Crippen molar-refractivity contribution in [3.05, 3.63) is 15.8 Å². The number of carboxylic acid groups (broad SMARTS) is 1. The molecular formula is C11H15NO4S2. The van der Waals surface area contributed by atoms with E-state index in [1.54, 1.807) is 13.0 Å². The van der Waals surface area contributed by atoms with Gasteiger partial charge in [-0.05, 0) is 32.8 Å². The molecule has 1 saturated heterocycles. The lowest BCUT2D eigenvalue weighted by Crippen LogP contribution is -2.40. The van der Waals surface area contributed by atoms with Crippen LogP contribution in [-0.2, 0) is 14.8 Å². The van der Waals surface area contributed by atoms with Crippen LogP contribution >= 0.6 is 11.3 Å². The summed E-state index contributed by atoms with van der Waals surface area (Å²) in [7, 11) is -3.68. The molecule has 1 aromatic rings. The second-order valence-corrected chi connectivity index (χ2v) is 7.71. The Bertz CT molecular complexity index is 576. The first-order chi connectivity index (χ1) is 8.34. The third kappa shape index (κ3) is 2.17. The van der Waals surface area contributed by atoms with E-state index in [-0.39, 0.29) is 11.4 Å². The van der Waals surface area contributed by atoms with Crippen molar-refractivity contribution in [1.29, 1.82) is 0 Å². The van der Waals surface area contributed by atoms with E-state index in [0.717, 1.165) is 9.18 Å². The molecule has 5 nitrogen and oxygen atoms in total. The smallest absolute Gasteiger partial charge is 0.322 e. The van der Waals surface area contributed by atoms with Crippen molar-refractivity contribution >= 4 is 27.3 Å². The van der Waals surface area contributed by atoms with E-state index in [0.29, 0.717) is 17.7 Å². The minimum absolute atomic E-state index is 0.248. The van der Waals surface area contributed by atoms with Gasteiger partial charge in [0.25, 0.3) is 0 Å². The Hall–Kier alpha value is -0.920. The Kier molecular flexibility index (Phi) is 3.48. The molecule has 18 heavy (non-hydrogen) atoms. The highest BCUT2D eigenvalue weighted by Crippen LogP contribution is 2.31. The number of carboxylic acids is 1. The summed E-state index contributed by atoms with van der Waals surface area (Å²) >= 11 is 1.41. The van der Waals surface area contributed by atoms with Crippen molar-refractivity contribution in [2.45, 2.75) is 37.6 Å². The van der Waals surface area contributed by atoms with Crippen LogP contribution in [0.4, 0.5) is 0 Å². The van der Waals surface area contributed by atoms with Gasteiger partial charge in [-0.25, -0.2) is 8.42 Å². The maximum atomic E-state index is 12.5. The number of aryl methyl sites for hydroxylation is 2. The summed E-state index contributed by atoms with van der Waals surface area (Å²) in [6, 6.07) is 0.696. The zero-order valence-corrected chi connectivity index (χ0v) is 11.8. The number of aliphatic carboxylic acids is 1. The van der Waals surface area contributed by atoms with Crippen LogP contribution in [0.25, 0.3) is 0 Å². The van der Waals surface area contributed by atoms with Gasteiger partial charge in [-0.2, -0.15) is 4.31 Å². The molecule has 1 aliphatic rings. The normalized spacial score (nSPS) is 21.3. The van der Waals surface area contributed by atoms with Gasteiger partial charge in [-0.15, -0.1) is 11.3 Å². The SMILES string of the molecule is Cc1cc(S(=O)(=O)N2CCCC2C(=O)O)c(C)s1. The molecular weight excluding hydrogens is 274 g/mol. The molecule has 1 unspecified atom stereocenters. The topological polar surface area (TPSA) is 74.7 Å². The van der Waals surface area contributed by atoms with E-state index in [1.165, 1.54) is 11.3 Å². The molecule has 1 fully saturated rings. The van der Waals surface area contributed by atoms with Crippen LogP contribution < -0.4 is 0 Å². The molecule has 0 amide bonds. The number of rotatable bonds is 3. The molecule has 1 N–H and O–H groups in total. The second-order valence-electron chi connectivity index (χ2n) is 4.39. The number of hydrogen-bond donors (Lipinski definition) is 1. The highest BCUT2D eigenvalue weighted by molar-refractivity contribution is 7.89. The zero-order valence-electron chi connectivity index (χ0n) is 10.2. The lowest BCUT2D eigenvalue weighted by Gasteiger charge is -2.20. The molecule has 0 bridgehead atoms. The lowest BCUT2D eigenvalue weighted by molar-refractivity contribution is -0.140. The second kappa shape index (κ2) is 4.64. The van der Waals surface area contributed by atoms with Crippen molar-refractivity contribution in [1.82, 2.24) is 4.31 Å². The highest BCUT2D eigenvalue weighted by atomic mass is 32.2. The van der Waals surface area contributed by atoms with Gasteiger partial charge in [0.1, 0.15) is 6.04 Å². The van der Waals surface area contributed by atoms with Gasteiger partial charge >= 0.3 is 5.97 Å². The highest BCUT2D eigenvalue weighted by Gasteiger charge is 2.40. The fourth-order valence-electron chi connectivity index (χ4n) is 2.26. The van der Waals surface area contributed by atoms with Crippen molar-refractivity contribution in [2.24, 2.45) is 0 Å². The van der Waals surface area contributed by atoms with Gasteiger partial charge in [0, 0.05) is 16.3 Å². The Morgan fingerprint density at radius 2 is 2.17 bits per heavy atom. The van der Waals surface area contributed by atoms with Gasteiger partial charge in [0.05, 0.1) is 4.90 Å². The average molecular weight is 289 g/mol. The molecule has 1 aromatic heterocycles. The maximum absolute atomic E-state index is 12.5. The summed E-state index contributed by atoms with van der Waals surface area (Å²) in [4.78, 5) is 13.0. The fourth-order valence-corrected chi connectivity index (χ4v) is 5.44. The Morgan fingerprint density at radius 3 is 2.67 bits per heavy atom. The summed E-state index contributed by atoms with van der Waals surface area (Å²) in [5.74, 6) is -1.07. The van der Waals surface area contributed by atoms with Crippen molar-refractivity contribution in [3.8, 4) is 0 Å². The first kappa shape index (κ1) is 13.5. The van der Waals surface area contributed by atoms with Crippen LogP contribution in [0.3, 0.4) is 0 Å². The number of sulfonamides is 1. The number of thiophene rings is 1. The molecule has 0 spiro atoms. The third-order valence-electron chi connectivity index (χ3n) is 3.07. The number of hydrogen-bond acceptors (Lipinski definition) is 4. The van der Waals surface area contributed by atoms with E-state index in [4.69, 9.17) is 5.11 Å². The summed E-state index contributed by atoms with van der Waals surface area (Å²) in [6.07, 6.45) is 0.981. The van der Waals surface area contributed by atoms with E-state index >= 15 is 0 Å². The summed E-state index contributed by atoms with van der Waals surface area (Å²) in [6.45, 7) is 3.87.